The summed E-state index contributed by atoms with van der Waals surface area (Å²) in [6, 6.07) is 8.22. The van der Waals surface area contributed by atoms with Crippen LogP contribution in [0.5, 0.6) is 28.7 Å². The molecule has 0 fully saturated rings. The predicted octanol–water partition coefficient (Wildman–Crippen LogP) is 2.66. The second-order valence-electron chi connectivity index (χ2n) is 4.09. The molecule has 0 saturated carbocycles. The van der Waals surface area contributed by atoms with Gasteiger partial charge in [0.05, 0.1) is 0 Å². The van der Waals surface area contributed by atoms with E-state index < -0.39 is 0 Å². The molecule has 0 unspecified atom stereocenters. The zero-order chi connectivity index (χ0) is 15.2. The fraction of sp³-hybridized carbons (Fsp3) is 0.143. The number of rotatable bonds is 6. The summed E-state index contributed by atoms with van der Waals surface area (Å²) >= 11 is 0. The first kappa shape index (κ1) is 14.4. The third-order valence-corrected chi connectivity index (χ3v) is 2.61. The minimum absolute atomic E-state index is 0.100. The Kier molecular flexibility index (Phi) is 4.45. The maximum absolute atomic E-state index is 10.4. The monoisotopic (exact) mass is 291 g/mol. The molecule has 2 aromatic rings. The molecule has 0 aliphatic carbocycles. The highest BCUT2D eigenvalue weighted by atomic mass is 16.5. The van der Waals surface area contributed by atoms with Crippen LogP contribution in [0.3, 0.4) is 0 Å². The van der Waals surface area contributed by atoms with Gasteiger partial charge < -0.3 is 24.8 Å². The van der Waals surface area contributed by atoms with E-state index in [1.54, 1.807) is 0 Å². The molecule has 3 N–H and O–H groups in total. The van der Waals surface area contributed by atoms with Gasteiger partial charge in [-0.15, -0.1) is 4.91 Å². The van der Waals surface area contributed by atoms with E-state index in [1.165, 1.54) is 36.4 Å². The molecule has 0 aliphatic heterocycles. The lowest BCUT2D eigenvalue weighted by molar-refractivity contribution is 0.216. The van der Waals surface area contributed by atoms with Gasteiger partial charge in [-0.05, 0) is 29.4 Å². The third-order valence-electron chi connectivity index (χ3n) is 2.61. The number of nitroso groups, excluding NO2 is 1. The molecule has 0 bridgehead atoms. The summed E-state index contributed by atoms with van der Waals surface area (Å²) in [5.74, 6) is 0.0489. The van der Waals surface area contributed by atoms with Gasteiger partial charge in [0.2, 0.25) is 0 Å². The molecule has 0 amide bonds. The smallest absolute Gasteiger partial charge is 0.161 e. The zero-order valence-corrected chi connectivity index (χ0v) is 10.9. The van der Waals surface area contributed by atoms with E-state index in [1.807, 2.05) is 0 Å². The lowest BCUT2D eigenvalue weighted by atomic mass is 10.3. The molecule has 0 aliphatic rings. The van der Waals surface area contributed by atoms with Crippen LogP contribution >= 0.6 is 0 Å². The summed E-state index contributed by atoms with van der Waals surface area (Å²) in [6.07, 6.45) is 0. The Morgan fingerprint density at radius 2 is 1.38 bits per heavy atom. The molecule has 2 rings (SSSR count). The normalized spacial score (nSPS) is 10.1. The van der Waals surface area contributed by atoms with Crippen molar-refractivity contribution < 1.29 is 24.8 Å². The van der Waals surface area contributed by atoms with Gasteiger partial charge in [-0.3, -0.25) is 0 Å². The van der Waals surface area contributed by atoms with Crippen molar-refractivity contribution in [1.82, 2.24) is 0 Å². The SMILES string of the molecule is O=Nc1cc(OCCOc2ccc(O)c(O)c2)ccc1O. The summed E-state index contributed by atoms with van der Waals surface area (Å²) in [6.45, 7) is 0.375. The minimum atomic E-state index is -0.270. The Balaban J connectivity index is 1.84. The number of ether oxygens (including phenoxy) is 2. The van der Waals surface area contributed by atoms with Crippen LogP contribution in [0.2, 0.25) is 0 Å². The largest absolute Gasteiger partial charge is 0.506 e. The minimum Gasteiger partial charge on any atom is -0.506 e. The van der Waals surface area contributed by atoms with Gasteiger partial charge in [-0.1, -0.05) is 0 Å². The summed E-state index contributed by atoms with van der Waals surface area (Å²) < 4.78 is 10.6. The lowest BCUT2D eigenvalue weighted by Crippen LogP contribution is -2.08. The van der Waals surface area contributed by atoms with Gasteiger partial charge in [-0.25, -0.2) is 0 Å². The number of phenols is 3. The van der Waals surface area contributed by atoms with E-state index in [9.17, 15) is 15.1 Å². The Morgan fingerprint density at radius 3 is 1.95 bits per heavy atom. The van der Waals surface area contributed by atoms with E-state index in [-0.39, 0.29) is 36.1 Å². The molecular weight excluding hydrogens is 278 g/mol. The fourth-order valence-electron chi connectivity index (χ4n) is 1.58. The van der Waals surface area contributed by atoms with Crippen molar-refractivity contribution in [3.05, 3.63) is 41.3 Å². The highest BCUT2D eigenvalue weighted by Crippen LogP contribution is 2.30. The number of aromatic hydroxyl groups is 3. The maximum atomic E-state index is 10.4. The first-order chi connectivity index (χ1) is 10.1. The summed E-state index contributed by atoms with van der Waals surface area (Å²) in [4.78, 5) is 10.4. The molecule has 0 heterocycles. The van der Waals surface area contributed by atoms with Crippen LogP contribution in [-0.4, -0.2) is 28.5 Å². The van der Waals surface area contributed by atoms with Crippen molar-refractivity contribution in [2.24, 2.45) is 5.18 Å². The Bertz CT molecular complexity index is 643. The number of hydrogen-bond acceptors (Lipinski definition) is 7. The molecule has 0 spiro atoms. The molecule has 0 atom stereocenters. The third kappa shape index (κ3) is 3.75. The highest BCUT2D eigenvalue weighted by molar-refractivity contribution is 5.54. The van der Waals surface area contributed by atoms with E-state index >= 15 is 0 Å². The number of nitrogens with zero attached hydrogens (tertiary/aromatic N) is 1. The molecule has 0 saturated heterocycles. The lowest BCUT2D eigenvalue weighted by Gasteiger charge is -2.09. The van der Waals surface area contributed by atoms with E-state index in [0.29, 0.717) is 11.5 Å². The number of hydrogen-bond donors (Lipinski definition) is 3. The van der Waals surface area contributed by atoms with E-state index in [4.69, 9.17) is 14.6 Å². The van der Waals surface area contributed by atoms with Crippen LogP contribution in [-0.2, 0) is 0 Å². The van der Waals surface area contributed by atoms with Crippen LogP contribution in [0, 0.1) is 4.91 Å². The molecule has 110 valence electrons. The van der Waals surface area contributed by atoms with Crippen LogP contribution in [0.4, 0.5) is 5.69 Å². The molecule has 21 heavy (non-hydrogen) atoms. The zero-order valence-electron chi connectivity index (χ0n) is 10.9. The number of benzene rings is 2. The van der Waals surface area contributed by atoms with Gasteiger partial charge in [0.15, 0.2) is 17.2 Å². The Labute approximate surface area is 120 Å². The average molecular weight is 291 g/mol. The fourth-order valence-corrected chi connectivity index (χ4v) is 1.58. The maximum Gasteiger partial charge on any atom is 0.161 e. The predicted molar refractivity (Wildman–Crippen MR) is 74.3 cm³/mol. The first-order valence-corrected chi connectivity index (χ1v) is 6.04. The van der Waals surface area contributed by atoms with Crippen LogP contribution < -0.4 is 9.47 Å². The average Bonchev–Trinajstić information content (AvgIpc) is 2.48. The van der Waals surface area contributed by atoms with Crippen molar-refractivity contribution in [3.63, 3.8) is 0 Å². The van der Waals surface area contributed by atoms with Gasteiger partial charge in [0, 0.05) is 12.1 Å². The molecule has 0 radical (unpaired) electrons. The topological polar surface area (TPSA) is 109 Å². The van der Waals surface area contributed by atoms with Crippen LogP contribution in [0.1, 0.15) is 0 Å². The summed E-state index contributed by atoms with van der Waals surface area (Å²) in [7, 11) is 0. The first-order valence-electron chi connectivity index (χ1n) is 6.04. The summed E-state index contributed by atoms with van der Waals surface area (Å²) in [5, 5.41) is 30.4. The van der Waals surface area contributed by atoms with Crippen molar-refractivity contribution >= 4 is 5.69 Å². The second kappa shape index (κ2) is 6.47. The summed E-state index contributed by atoms with van der Waals surface area (Å²) in [5.41, 5.74) is -0.100. The second-order valence-corrected chi connectivity index (χ2v) is 4.09. The van der Waals surface area contributed by atoms with Crippen LogP contribution in [0.25, 0.3) is 0 Å². The molecular formula is C14H13NO6. The Morgan fingerprint density at radius 1 is 0.810 bits per heavy atom. The molecule has 0 aromatic heterocycles. The molecule has 7 nitrogen and oxygen atoms in total. The van der Waals surface area contributed by atoms with Crippen molar-refractivity contribution in [1.29, 1.82) is 0 Å². The standard InChI is InChI=1S/C14H13NO6/c16-12-3-1-9(7-11(12)15-19)20-5-6-21-10-2-4-13(17)14(18)8-10/h1-4,7-8,16-18H,5-6H2. The number of phenolic OH excluding ortho intramolecular Hbond substituents is 3. The van der Waals surface area contributed by atoms with Crippen LogP contribution in [0.15, 0.2) is 41.6 Å². The Hall–Kier alpha value is -2.96. The van der Waals surface area contributed by atoms with Gasteiger partial charge >= 0.3 is 0 Å². The highest BCUT2D eigenvalue weighted by Gasteiger charge is 2.04. The quantitative estimate of drug-likeness (QED) is 0.429. The molecule has 7 heteroatoms. The van der Waals surface area contributed by atoms with Gasteiger partial charge in [0.1, 0.15) is 30.5 Å². The van der Waals surface area contributed by atoms with Gasteiger partial charge in [0.25, 0.3) is 0 Å². The van der Waals surface area contributed by atoms with Gasteiger partial charge in [-0.2, -0.15) is 0 Å². The van der Waals surface area contributed by atoms with Crippen molar-refractivity contribution in [2.75, 3.05) is 13.2 Å². The van der Waals surface area contributed by atoms with E-state index in [0.717, 1.165) is 0 Å². The molecule has 2 aromatic carbocycles. The van der Waals surface area contributed by atoms with E-state index in [2.05, 4.69) is 5.18 Å². The van der Waals surface area contributed by atoms with Crippen molar-refractivity contribution in [2.45, 2.75) is 0 Å². The van der Waals surface area contributed by atoms with Crippen molar-refractivity contribution in [3.8, 4) is 28.7 Å².